The van der Waals surface area contributed by atoms with Gasteiger partial charge in [0.15, 0.2) is 0 Å². The number of nitrogens with zero attached hydrogens (tertiary/aromatic N) is 4. The summed E-state index contributed by atoms with van der Waals surface area (Å²) in [5.41, 5.74) is -1.64. The maximum Gasteiger partial charge on any atom is 0.417 e. The number of aryl methyl sites for hydroxylation is 1. The van der Waals surface area contributed by atoms with Crippen molar-refractivity contribution in [3.8, 4) is 22.5 Å². The number of benzene rings is 2. The summed E-state index contributed by atoms with van der Waals surface area (Å²) in [5.74, 6) is -2.90. The Hall–Kier alpha value is -4.65. The summed E-state index contributed by atoms with van der Waals surface area (Å²) in [6.07, 6.45) is -2.24. The average molecular weight is 528 g/mol. The van der Waals surface area contributed by atoms with Gasteiger partial charge in [-0.15, -0.1) is 0 Å². The highest BCUT2D eigenvalue weighted by Gasteiger charge is 2.36. The summed E-state index contributed by atoms with van der Waals surface area (Å²) in [4.78, 5) is 32.9. The number of nitrogens with one attached hydrogen (secondary N) is 2. The number of alkyl halides is 3. The minimum atomic E-state index is -4.89. The van der Waals surface area contributed by atoms with Gasteiger partial charge in [0.05, 0.1) is 40.9 Å². The lowest BCUT2D eigenvalue weighted by atomic mass is 9.99. The van der Waals surface area contributed by atoms with Crippen LogP contribution in [0.3, 0.4) is 0 Å². The van der Waals surface area contributed by atoms with Gasteiger partial charge in [0.2, 0.25) is 5.91 Å². The first-order valence-corrected chi connectivity index (χ1v) is 11.1. The first-order valence-electron chi connectivity index (χ1n) is 11.1. The fraction of sp³-hybridized carbons (Fsp3) is 0.160. The standard InChI is InChI=1S/C25H20F4N6O3/c1-35-8-7-19(34-35)15-9-16(18(26)10-17(15)25(27,28)29)24(38)32-20-11-30-21(12-31-22(37)13-36)33-23(20)14-5-3-2-4-6-14/h2-11,36H,12-13H2,1H3,(H,31,37)(H,32,38). The van der Waals surface area contributed by atoms with Gasteiger partial charge in [-0.2, -0.15) is 18.3 Å². The van der Waals surface area contributed by atoms with E-state index in [0.29, 0.717) is 5.56 Å². The molecule has 38 heavy (non-hydrogen) atoms. The Kier molecular flexibility index (Phi) is 7.48. The molecule has 2 aromatic heterocycles. The average Bonchev–Trinajstić information content (AvgIpc) is 3.33. The first kappa shape index (κ1) is 26.4. The highest BCUT2D eigenvalue weighted by molar-refractivity contribution is 6.06. The van der Waals surface area contributed by atoms with E-state index in [1.807, 2.05) is 0 Å². The number of rotatable bonds is 7. The molecule has 196 valence electrons. The number of aromatic nitrogens is 4. The maximum atomic E-state index is 14.9. The van der Waals surface area contributed by atoms with Crippen LogP contribution in [0.4, 0.5) is 23.2 Å². The van der Waals surface area contributed by atoms with Crippen molar-refractivity contribution in [1.29, 1.82) is 0 Å². The zero-order valence-corrected chi connectivity index (χ0v) is 19.8. The van der Waals surface area contributed by atoms with Crippen molar-refractivity contribution in [2.75, 3.05) is 11.9 Å². The Morgan fingerprint density at radius 3 is 2.47 bits per heavy atom. The summed E-state index contributed by atoms with van der Waals surface area (Å²) >= 11 is 0. The van der Waals surface area contributed by atoms with Crippen LogP contribution < -0.4 is 10.6 Å². The number of hydrogen-bond donors (Lipinski definition) is 3. The zero-order chi connectivity index (χ0) is 27.4. The Bertz CT molecular complexity index is 1490. The summed E-state index contributed by atoms with van der Waals surface area (Å²) in [7, 11) is 1.51. The van der Waals surface area contributed by atoms with Gasteiger partial charge in [0.25, 0.3) is 5.91 Å². The zero-order valence-electron chi connectivity index (χ0n) is 19.8. The summed E-state index contributed by atoms with van der Waals surface area (Å²) in [5, 5.41) is 17.7. The summed E-state index contributed by atoms with van der Waals surface area (Å²) < 4.78 is 57.1. The Balaban J connectivity index is 1.73. The summed E-state index contributed by atoms with van der Waals surface area (Å²) in [6, 6.07) is 10.9. The third-order valence-electron chi connectivity index (χ3n) is 5.37. The van der Waals surface area contributed by atoms with Crippen LogP contribution >= 0.6 is 0 Å². The largest absolute Gasteiger partial charge is 0.417 e. The smallest absolute Gasteiger partial charge is 0.387 e. The molecule has 0 spiro atoms. The van der Waals surface area contributed by atoms with Gasteiger partial charge in [-0.05, 0) is 18.2 Å². The van der Waals surface area contributed by atoms with E-state index in [1.54, 1.807) is 30.3 Å². The van der Waals surface area contributed by atoms with E-state index in [1.165, 1.54) is 30.2 Å². The van der Waals surface area contributed by atoms with Crippen molar-refractivity contribution in [2.45, 2.75) is 12.7 Å². The number of anilines is 1. The van der Waals surface area contributed by atoms with Crippen LogP contribution in [0, 0.1) is 5.82 Å². The van der Waals surface area contributed by atoms with Crippen molar-refractivity contribution in [2.24, 2.45) is 7.05 Å². The molecule has 0 aliphatic heterocycles. The van der Waals surface area contributed by atoms with Crippen molar-refractivity contribution in [3.63, 3.8) is 0 Å². The molecule has 2 amide bonds. The van der Waals surface area contributed by atoms with Gasteiger partial charge < -0.3 is 15.7 Å². The highest BCUT2D eigenvalue weighted by Crippen LogP contribution is 2.38. The number of aliphatic hydroxyl groups is 1. The van der Waals surface area contributed by atoms with E-state index < -0.39 is 47.1 Å². The molecular formula is C25H20F4N6O3. The van der Waals surface area contributed by atoms with Crippen LogP contribution in [0.2, 0.25) is 0 Å². The fourth-order valence-corrected chi connectivity index (χ4v) is 3.59. The number of halogens is 4. The minimum Gasteiger partial charge on any atom is -0.387 e. The molecule has 0 fully saturated rings. The second kappa shape index (κ2) is 10.8. The lowest BCUT2D eigenvalue weighted by Crippen LogP contribution is -2.26. The second-order valence-electron chi connectivity index (χ2n) is 8.05. The van der Waals surface area contributed by atoms with Gasteiger partial charge >= 0.3 is 6.18 Å². The van der Waals surface area contributed by atoms with E-state index in [2.05, 4.69) is 25.7 Å². The number of carbonyl (C=O) groups is 2. The van der Waals surface area contributed by atoms with E-state index in [4.69, 9.17) is 5.11 Å². The Morgan fingerprint density at radius 2 is 1.84 bits per heavy atom. The van der Waals surface area contributed by atoms with Crippen LogP contribution in [-0.2, 0) is 24.6 Å². The molecule has 0 aliphatic rings. The lowest BCUT2D eigenvalue weighted by Gasteiger charge is -2.15. The van der Waals surface area contributed by atoms with E-state index in [9.17, 15) is 27.2 Å². The molecule has 4 aromatic rings. The van der Waals surface area contributed by atoms with Gasteiger partial charge in [0.1, 0.15) is 18.2 Å². The monoisotopic (exact) mass is 528 g/mol. The van der Waals surface area contributed by atoms with Crippen LogP contribution in [0.5, 0.6) is 0 Å². The quantitative estimate of drug-likeness (QED) is 0.316. The molecule has 0 aliphatic carbocycles. The predicted molar refractivity (Wildman–Crippen MR) is 128 cm³/mol. The van der Waals surface area contributed by atoms with Crippen molar-refractivity contribution >= 4 is 17.5 Å². The molecule has 0 atom stereocenters. The normalized spacial score (nSPS) is 11.3. The predicted octanol–water partition coefficient (Wildman–Crippen LogP) is 3.56. The topological polar surface area (TPSA) is 122 Å². The molecule has 2 heterocycles. The lowest BCUT2D eigenvalue weighted by molar-refractivity contribution is -0.137. The van der Waals surface area contributed by atoms with Gasteiger partial charge in [-0.3, -0.25) is 14.3 Å². The number of amides is 2. The Morgan fingerprint density at radius 1 is 1.11 bits per heavy atom. The van der Waals surface area contributed by atoms with Crippen LogP contribution in [-0.4, -0.2) is 43.3 Å². The highest BCUT2D eigenvalue weighted by atomic mass is 19.4. The van der Waals surface area contributed by atoms with Crippen molar-refractivity contribution < 1.29 is 32.3 Å². The molecule has 0 radical (unpaired) electrons. The molecule has 9 nitrogen and oxygen atoms in total. The Labute approximate surface area is 213 Å². The van der Waals surface area contributed by atoms with Crippen molar-refractivity contribution in [3.05, 3.63) is 83.7 Å². The first-order chi connectivity index (χ1) is 18.1. The number of aliphatic hydroxyl groups excluding tert-OH is 1. The van der Waals surface area contributed by atoms with E-state index in [-0.39, 0.29) is 35.5 Å². The molecule has 13 heteroatoms. The molecule has 3 N–H and O–H groups in total. The van der Waals surface area contributed by atoms with Crippen LogP contribution in [0.25, 0.3) is 22.5 Å². The number of hydrogen-bond acceptors (Lipinski definition) is 6. The molecule has 4 rings (SSSR count). The van der Waals surface area contributed by atoms with E-state index >= 15 is 0 Å². The third-order valence-corrected chi connectivity index (χ3v) is 5.37. The van der Waals surface area contributed by atoms with Crippen LogP contribution in [0.15, 0.2) is 60.9 Å². The van der Waals surface area contributed by atoms with E-state index in [0.717, 1.165) is 6.07 Å². The minimum absolute atomic E-state index is 0.0529. The van der Waals surface area contributed by atoms with Gasteiger partial charge in [-0.25, -0.2) is 14.4 Å². The fourth-order valence-electron chi connectivity index (χ4n) is 3.59. The molecular weight excluding hydrogens is 508 g/mol. The summed E-state index contributed by atoms with van der Waals surface area (Å²) in [6.45, 7) is -0.840. The van der Waals surface area contributed by atoms with Crippen molar-refractivity contribution in [1.82, 2.24) is 25.1 Å². The van der Waals surface area contributed by atoms with Gasteiger partial charge in [-0.1, -0.05) is 30.3 Å². The molecule has 0 saturated carbocycles. The maximum absolute atomic E-state index is 14.9. The van der Waals surface area contributed by atoms with Crippen LogP contribution in [0.1, 0.15) is 21.7 Å². The third kappa shape index (κ3) is 5.83. The van der Waals surface area contributed by atoms with Gasteiger partial charge in [0, 0.05) is 24.4 Å². The second-order valence-corrected chi connectivity index (χ2v) is 8.05. The number of carbonyl (C=O) groups excluding carboxylic acids is 2. The SMILES string of the molecule is Cn1ccc(-c2cc(C(=O)Nc3cnc(CNC(=O)CO)nc3-c3ccccc3)c(F)cc2C(F)(F)F)n1. The molecule has 0 unspecified atom stereocenters. The molecule has 2 aromatic carbocycles. The molecule has 0 saturated heterocycles. The molecule has 0 bridgehead atoms.